The molecule has 0 bridgehead atoms. The molecule has 0 aromatic heterocycles. The van der Waals surface area contributed by atoms with Gasteiger partial charge >= 0.3 is 411 Å². The van der Waals surface area contributed by atoms with E-state index in [9.17, 15) is 77.3 Å². The van der Waals surface area contributed by atoms with E-state index in [0.717, 1.165) is 30.5 Å². The van der Waals surface area contributed by atoms with Crippen molar-refractivity contribution < 1.29 is 77.3 Å². The Bertz CT molecular complexity index is 2870. The van der Waals surface area contributed by atoms with Crippen molar-refractivity contribution in [2.24, 2.45) is 23.3 Å². The topological polar surface area (TPSA) is 458 Å². The van der Waals surface area contributed by atoms with Gasteiger partial charge in [0.25, 0.3) is 0 Å². The fourth-order valence-electron chi connectivity index (χ4n) is 9.82. The Balaban J connectivity index is 1.56. The fraction of sp³-hybridized carbons (Fsp3) is 0.581. The summed E-state index contributed by atoms with van der Waals surface area (Å²) in [6.07, 6.45) is 1.25. The number of carboxylic acids is 2. The van der Waals surface area contributed by atoms with Crippen LogP contribution in [0.3, 0.4) is 0 Å². The summed E-state index contributed by atoms with van der Waals surface area (Å²) >= 11 is -0.614. The standard InChI is InChI=1S/C62H92N14O16S2Se2/c1-31(2)47(57(85)67-35(7)61(89)90)71-53(81)41(69-45(77)27-65-55(83)43-23-17-25-75(43)59(87)49(73-51(79)33(5)63)37(9)95-39-19-13-11-14-20-39)29-93-94-30-42(54(82)72-48(32(3)4)58(86)68-36(8)62(91)92)70-46(78)28-66-56(84)44-24-18-26-76(44)60(88)50(74-52(80)34(6)64)38(10)96-40-21-15-12-16-22-40/h11-16,19-22,31-38,41-44,47-50H,17-18,23-30,63-64H2,1-10H3,(H,65,83)(H,66,84)(H,67,85)(H,68,86)(H,69,77)(H,70,78)(H,71,81)(H,72,82)(H,73,79)(H,74,80)(H,89,90)(H,91,92)/t33-,34-,35-,36-,37-,38-,41-,42-,43-,44-,47-,48-,49-,50-/m0/s1. The number of rotatable bonds is 37. The number of amides is 12. The van der Waals surface area contributed by atoms with Gasteiger partial charge in [0.15, 0.2) is 0 Å². The minimum atomic E-state index is -1.53. The molecular formula is C62H92N14O16S2Se2. The van der Waals surface area contributed by atoms with Crippen LogP contribution in [0.5, 0.6) is 0 Å². The molecule has 0 radical (unpaired) electrons. The number of carbonyl (C=O) groups is 14. The van der Waals surface area contributed by atoms with E-state index in [1.54, 1.807) is 27.7 Å². The van der Waals surface area contributed by atoms with Gasteiger partial charge < -0.3 is 31.5 Å². The van der Waals surface area contributed by atoms with Crippen molar-refractivity contribution in [3.8, 4) is 0 Å². The van der Waals surface area contributed by atoms with Crippen LogP contribution >= 0.6 is 21.6 Å². The summed E-state index contributed by atoms with van der Waals surface area (Å²) < 4.78 is 1.92. The van der Waals surface area contributed by atoms with Gasteiger partial charge in [-0.3, -0.25) is 28.8 Å². The number of hydrogen-bond acceptors (Lipinski definition) is 18. The smallest absolute Gasteiger partial charge is 0.325 e. The minimum Gasteiger partial charge on any atom is -0.480 e. The van der Waals surface area contributed by atoms with Crippen molar-refractivity contribution >= 4 is 143 Å². The van der Waals surface area contributed by atoms with Crippen molar-refractivity contribution in [1.29, 1.82) is 0 Å². The number of aliphatic carboxylic acids is 2. The monoisotopic (exact) mass is 1510 g/mol. The predicted octanol–water partition coefficient (Wildman–Crippen LogP) is -3.65. The van der Waals surface area contributed by atoms with E-state index < -0.39 is 190 Å². The molecule has 2 aliphatic rings. The van der Waals surface area contributed by atoms with Crippen LogP contribution in [0, 0.1) is 11.8 Å². The van der Waals surface area contributed by atoms with Crippen molar-refractivity contribution in [2.45, 2.75) is 177 Å². The van der Waals surface area contributed by atoms with E-state index in [1.807, 2.05) is 74.5 Å². The van der Waals surface area contributed by atoms with Crippen LogP contribution in [0.1, 0.15) is 94.9 Å². The zero-order valence-corrected chi connectivity index (χ0v) is 60.4. The Morgan fingerprint density at radius 1 is 0.458 bits per heavy atom. The molecule has 2 aliphatic heterocycles. The zero-order valence-electron chi connectivity index (χ0n) is 55.4. The van der Waals surface area contributed by atoms with Crippen molar-refractivity contribution in [1.82, 2.24) is 63.0 Å². The van der Waals surface area contributed by atoms with E-state index in [1.165, 1.54) is 37.5 Å². The molecule has 16 N–H and O–H groups in total. The quantitative estimate of drug-likeness (QED) is 0.0176. The SMILES string of the molecule is CC(C)[C@H](NC(=O)[C@H](CSSC[C@H](NC(=O)CNC(=O)[C@@H]1CCCN1C(=O)[C@@H](NC(=O)[C@H](C)N)[C@H](C)[Se]c1ccccc1)C(=O)N[C@H](C(=O)N[C@@H](C)C(=O)O)C(C)C)NC(=O)CNC(=O)[C@@H]1CCCN1C(=O)[C@@H](NC(=O)[C@H](C)N)[C@H](C)[Se]c1ccccc1)C(=O)N[C@@H](C)C(=O)O. The summed E-state index contributed by atoms with van der Waals surface area (Å²) in [6.45, 7) is 14.2. The maximum Gasteiger partial charge on any atom is 0.325 e. The Morgan fingerprint density at radius 3 is 1.08 bits per heavy atom. The zero-order chi connectivity index (χ0) is 71.7. The number of nitrogens with zero attached hydrogens (tertiary/aromatic N) is 2. The molecule has 0 saturated carbocycles. The number of nitrogens with one attached hydrogen (secondary N) is 10. The number of benzene rings is 2. The number of carboxylic acid groups (broad SMARTS) is 2. The van der Waals surface area contributed by atoms with Gasteiger partial charge in [0.2, 0.25) is 11.8 Å². The van der Waals surface area contributed by atoms with Crippen molar-refractivity contribution in [3.63, 3.8) is 0 Å². The van der Waals surface area contributed by atoms with E-state index in [-0.39, 0.29) is 67.4 Å². The third-order valence-electron chi connectivity index (χ3n) is 15.4. The number of carbonyl (C=O) groups excluding carboxylic acids is 12. The molecule has 14 atom stereocenters. The molecule has 530 valence electrons. The van der Waals surface area contributed by atoms with Crippen LogP contribution in [-0.2, 0) is 67.1 Å². The summed E-state index contributed by atoms with van der Waals surface area (Å²) in [5, 5.41) is 44.5. The van der Waals surface area contributed by atoms with Crippen LogP contribution in [0.4, 0.5) is 0 Å². The number of likely N-dealkylation sites (tertiary alicyclic amines) is 2. The largest absolute Gasteiger partial charge is 0.480 e. The summed E-state index contributed by atoms with van der Waals surface area (Å²) in [5.41, 5.74) is 11.8. The Kier molecular flexibility index (Phi) is 33.6. The molecule has 2 fully saturated rings. The van der Waals surface area contributed by atoms with E-state index in [4.69, 9.17) is 11.5 Å². The third-order valence-corrected chi connectivity index (χ3v) is 22.8. The minimum absolute atomic E-state index is 0.160. The number of nitrogens with two attached hydrogens (primary N) is 2. The first kappa shape index (κ1) is 81.1. The first-order chi connectivity index (χ1) is 45.2. The second-order valence-electron chi connectivity index (χ2n) is 24.0. The van der Waals surface area contributed by atoms with Gasteiger partial charge in [0, 0.05) is 0 Å². The Labute approximate surface area is 578 Å². The predicted molar refractivity (Wildman–Crippen MR) is 362 cm³/mol. The molecule has 96 heavy (non-hydrogen) atoms. The van der Waals surface area contributed by atoms with Crippen LogP contribution < -0.4 is 73.6 Å². The number of hydrogen-bond donors (Lipinski definition) is 14. The molecule has 0 aliphatic carbocycles. The van der Waals surface area contributed by atoms with E-state index >= 15 is 0 Å². The summed E-state index contributed by atoms with van der Waals surface area (Å²) in [7, 11) is 1.79. The molecule has 12 amide bonds. The summed E-state index contributed by atoms with van der Waals surface area (Å²) in [6, 6.07) is 4.18. The van der Waals surface area contributed by atoms with Crippen LogP contribution in [0.2, 0.25) is 9.63 Å². The van der Waals surface area contributed by atoms with Gasteiger partial charge in [-0.25, -0.2) is 0 Å². The van der Waals surface area contributed by atoms with Gasteiger partial charge in [0.1, 0.15) is 24.2 Å². The van der Waals surface area contributed by atoms with Crippen LogP contribution in [0.25, 0.3) is 0 Å². The third kappa shape index (κ3) is 25.6. The van der Waals surface area contributed by atoms with E-state index in [0.29, 0.717) is 12.8 Å². The van der Waals surface area contributed by atoms with Gasteiger partial charge in [-0.15, -0.1) is 0 Å². The fourth-order valence-corrected chi connectivity index (χ4v) is 16.6. The van der Waals surface area contributed by atoms with Crippen molar-refractivity contribution in [2.75, 3.05) is 37.7 Å². The molecular weight excluding hydrogens is 1420 g/mol. The van der Waals surface area contributed by atoms with Crippen molar-refractivity contribution in [3.05, 3.63) is 60.7 Å². The molecule has 30 nitrogen and oxygen atoms in total. The first-order valence-corrected chi connectivity index (χ1v) is 37.6. The maximum atomic E-state index is 14.3. The molecule has 34 heteroatoms. The average molecular weight is 1510 g/mol. The molecule has 2 aromatic carbocycles. The van der Waals surface area contributed by atoms with E-state index in [2.05, 4.69) is 53.2 Å². The summed E-state index contributed by atoms with van der Waals surface area (Å²) in [5.74, 6) is -13.7. The van der Waals surface area contributed by atoms with Gasteiger partial charge in [0.05, 0.1) is 0 Å². The van der Waals surface area contributed by atoms with Gasteiger partial charge in [-0.05, 0) is 25.7 Å². The van der Waals surface area contributed by atoms with Gasteiger partial charge in [-0.1, -0.05) is 49.3 Å². The van der Waals surface area contributed by atoms with Crippen LogP contribution in [0.15, 0.2) is 60.7 Å². The molecule has 0 spiro atoms. The molecule has 2 saturated heterocycles. The van der Waals surface area contributed by atoms with Crippen LogP contribution in [-0.4, -0.2) is 243 Å². The molecule has 2 aromatic rings. The second-order valence-corrected chi connectivity index (χ2v) is 32.7. The second kappa shape index (κ2) is 39.8. The summed E-state index contributed by atoms with van der Waals surface area (Å²) in [4.78, 5) is 191. The Morgan fingerprint density at radius 2 is 0.781 bits per heavy atom. The normalized spacial score (nSPS) is 18.2. The molecule has 4 rings (SSSR count). The van der Waals surface area contributed by atoms with Gasteiger partial charge in [-0.2, -0.15) is 0 Å². The first-order valence-electron chi connectivity index (χ1n) is 31.4. The average Bonchev–Trinajstić information content (AvgIpc) is 1.63. The molecule has 0 unspecified atom stereocenters. The maximum absolute atomic E-state index is 14.3. The Hall–Kier alpha value is -7.32. The molecule has 2 heterocycles.